The van der Waals surface area contributed by atoms with Gasteiger partial charge in [0.15, 0.2) is 0 Å². The third-order valence-corrected chi connectivity index (χ3v) is 10.7. The largest absolute Gasteiger partial charge is 0.508 e. The molecule has 0 aliphatic heterocycles. The van der Waals surface area contributed by atoms with Crippen molar-refractivity contribution in [2.75, 3.05) is 13.2 Å². The number of aromatic hydroxyl groups is 2. The van der Waals surface area contributed by atoms with E-state index < -0.39 is 9.84 Å². The first-order valence-corrected chi connectivity index (χ1v) is 21.0. The number of sulfone groups is 1. The smallest absolute Gasteiger partial charge is 0.338 e. The summed E-state index contributed by atoms with van der Waals surface area (Å²) in [6, 6.07) is 18.2. The van der Waals surface area contributed by atoms with E-state index in [4.69, 9.17) is 14.6 Å². The Morgan fingerprint density at radius 3 is 1.27 bits per heavy atom. The quantitative estimate of drug-likeness (QED) is 0.0626. The number of benzene rings is 3. The highest BCUT2D eigenvalue weighted by molar-refractivity contribution is 7.91. The van der Waals surface area contributed by atoms with Crippen molar-refractivity contribution in [1.29, 1.82) is 0 Å². The standard InChI is InChI=1S/C24H34O4S.C19H30O3/c1-2-3-4-5-6-7-8-9-10-11-20-28-22-14-18-24(19-15-22)29(26,27)23-16-12-21(25)13-17-23;1-2-3-4-5-6-7-8-9-10-11-16-22-19(21)17-12-14-18(20)15-13-17/h12-19,25H,2-11,20H2,1H3;12-15,20H,2-11,16H2,1H3. The monoisotopic (exact) mass is 724 g/mol. The predicted molar refractivity (Wildman–Crippen MR) is 208 cm³/mol. The third kappa shape index (κ3) is 19.6. The molecule has 0 bridgehead atoms. The Hall–Kier alpha value is -3.52. The highest BCUT2D eigenvalue weighted by Crippen LogP contribution is 2.25. The van der Waals surface area contributed by atoms with Crippen LogP contribution in [0.2, 0.25) is 0 Å². The summed E-state index contributed by atoms with van der Waals surface area (Å²) >= 11 is 0. The number of phenols is 2. The molecule has 2 N–H and O–H groups in total. The van der Waals surface area contributed by atoms with Crippen LogP contribution in [0.4, 0.5) is 0 Å². The molecular weight excluding hydrogens is 661 g/mol. The van der Waals surface area contributed by atoms with Crippen LogP contribution in [-0.2, 0) is 14.6 Å². The molecule has 0 saturated carbocycles. The number of esters is 1. The van der Waals surface area contributed by atoms with Gasteiger partial charge in [0.25, 0.3) is 0 Å². The minimum Gasteiger partial charge on any atom is -0.508 e. The van der Waals surface area contributed by atoms with Crippen LogP contribution in [0.3, 0.4) is 0 Å². The zero-order valence-corrected chi connectivity index (χ0v) is 32.1. The molecule has 0 amide bonds. The van der Waals surface area contributed by atoms with E-state index in [-0.39, 0.29) is 27.3 Å². The lowest BCUT2D eigenvalue weighted by Crippen LogP contribution is -2.06. The first-order chi connectivity index (χ1) is 24.8. The van der Waals surface area contributed by atoms with Gasteiger partial charge in [0.2, 0.25) is 9.84 Å². The van der Waals surface area contributed by atoms with Crippen LogP contribution in [0.25, 0.3) is 0 Å². The fourth-order valence-corrected chi connectivity index (χ4v) is 6.95. The molecule has 0 aliphatic carbocycles. The van der Waals surface area contributed by atoms with Gasteiger partial charge in [-0.05, 0) is 85.6 Å². The molecule has 0 spiro atoms. The lowest BCUT2D eigenvalue weighted by atomic mass is 10.1. The number of ether oxygens (including phenoxy) is 2. The van der Waals surface area contributed by atoms with Crippen molar-refractivity contribution in [2.45, 2.75) is 152 Å². The van der Waals surface area contributed by atoms with Gasteiger partial charge < -0.3 is 19.7 Å². The highest BCUT2D eigenvalue weighted by Gasteiger charge is 2.17. The lowest BCUT2D eigenvalue weighted by molar-refractivity contribution is 0.0497. The van der Waals surface area contributed by atoms with Crippen LogP contribution in [0.5, 0.6) is 17.2 Å². The van der Waals surface area contributed by atoms with Gasteiger partial charge in [-0.1, -0.05) is 129 Å². The van der Waals surface area contributed by atoms with E-state index in [9.17, 15) is 18.3 Å². The van der Waals surface area contributed by atoms with E-state index in [1.807, 2.05) is 0 Å². The number of carbonyl (C=O) groups excluding carboxylic acids is 1. The molecule has 0 aromatic heterocycles. The van der Waals surface area contributed by atoms with Gasteiger partial charge in [-0.25, -0.2) is 13.2 Å². The SMILES string of the molecule is CCCCCCCCCCCCOC(=O)c1ccc(O)cc1.CCCCCCCCCCCCOc1ccc(S(=O)(=O)c2ccc(O)cc2)cc1. The van der Waals surface area contributed by atoms with E-state index >= 15 is 0 Å². The zero-order chi connectivity index (χ0) is 37.0. The number of phenolic OH excluding ortho intramolecular Hbond substituents is 2. The van der Waals surface area contributed by atoms with Crippen LogP contribution in [0.15, 0.2) is 82.6 Å². The lowest BCUT2D eigenvalue weighted by Gasteiger charge is -2.08. The van der Waals surface area contributed by atoms with Crippen LogP contribution in [0.1, 0.15) is 153 Å². The fraction of sp³-hybridized carbons (Fsp3) is 0.558. The van der Waals surface area contributed by atoms with Crippen LogP contribution in [0, 0.1) is 0 Å². The molecule has 284 valence electrons. The number of rotatable bonds is 26. The molecule has 8 heteroatoms. The number of unbranched alkanes of at least 4 members (excludes halogenated alkanes) is 18. The number of carbonyl (C=O) groups is 1. The highest BCUT2D eigenvalue weighted by atomic mass is 32.2. The molecule has 7 nitrogen and oxygen atoms in total. The van der Waals surface area contributed by atoms with Crippen LogP contribution >= 0.6 is 0 Å². The molecular formula is C43H64O7S. The Labute approximate surface area is 308 Å². The molecule has 3 aromatic rings. The number of hydrogen-bond acceptors (Lipinski definition) is 7. The van der Waals surface area contributed by atoms with E-state index in [1.165, 1.54) is 146 Å². The van der Waals surface area contributed by atoms with Crippen LogP contribution in [-0.4, -0.2) is 37.8 Å². The van der Waals surface area contributed by atoms with Crippen molar-refractivity contribution < 1.29 is 32.9 Å². The van der Waals surface area contributed by atoms with Crippen molar-refractivity contribution in [1.82, 2.24) is 0 Å². The first-order valence-electron chi connectivity index (χ1n) is 19.5. The summed E-state index contributed by atoms with van der Waals surface area (Å²) in [5, 5.41) is 18.5. The molecule has 3 rings (SSSR count). The van der Waals surface area contributed by atoms with Crippen molar-refractivity contribution in [2.24, 2.45) is 0 Å². The second-order valence-corrected chi connectivity index (χ2v) is 15.3. The summed E-state index contributed by atoms with van der Waals surface area (Å²) in [6.07, 6.45) is 25.5. The summed E-state index contributed by atoms with van der Waals surface area (Å²) in [5.74, 6) is 0.576. The minimum absolute atomic E-state index is 0.0414. The Morgan fingerprint density at radius 1 is 0.490 bits per heavy atom. The molecule has 0 fully saturated rings. The molecule has 0 saturated heterocycles. The molecule has 0 heterocycles. The summed E-state index contributed by atoms with van der Waals surface area (Å²) < 4.78 is 36.1. The molecule has 51 heavy (non-hydrogen) atoms. The molecule has 0 aliphatic rings. The van der Waals surface area contributed by atoms with Crippen molar-refractivity contribution in [3.05, 3.63) is 78.4 Å². The van der Waals surface area contributed by atoms with Crippen LogP contribution < -0.4 is 4.74 Å². The van der Waals surface area contributed by atoms with E-state index in [0.29, 0.717) is 24.5 Å². The molecule has 3 aromatic carbocycles. The average molecular weight is 725 g/mol. The van der Waals surface area contributed by atoms with Gasteiger partial charge in [-0.3, -0.25) is 0 Å². The summed E-state index contributed by atoms with van der Waals surface area (Å²) in [6.45, 7) is 5.63. The van der Waals surface area contributed by atoms with E-state index in [0.717, 1.165) is 19.3 Å². The van der Waals surface area contributed by atoms with Gasteiger partial charge in [-0.15, -0.1) is 0 Å². The Bertz CT molecular complexity index is 1400. The summed E-state index contributed by atoms with van der Waals surface area (Å²) in [4.78, 5) is 12.1. The second-order valence-electron chi connectivity index (χ2n) is 13.4. The molecule has 0 unspecified atom stereocenters. The summed E-state index contributed by atoms with van der Waals surface area (Å²) in [5.41, 5.74) is 0.491. The van der Waals surface area contributed by atoms with E-state index in [1.54, 1.807) is 36.4 Å². The zero-order valence-electron chi connectivity index (χ0n) is 31.3. The number of hydrogen-bond donors (Lipinski definition) is 2. The maximum absolute atomic E-state index is 12.6. The van der Waals surface area contributed by atoms with Gasteiger partial charge in [0, 0.05) is 0 Å². The topological polar surface area (TPSA) is 110 Å². The first kappa shape index (κ1) is 43.6. The minimum atomic E-state index is -3.58. The van der Waals surface area contributed by atoms with Gasteiger partial charge >= 0.3 is 5.97 Å². The Balaban J connectivity index is 0.000000368. The average Bonchev–Trinajstić information content (AvgIpc) is 3.13. The fourth-order valence-electron chi connectivity index (χ4n) is 5.69. The van der Waals surface area contributed by atoms with Crippen molar-refractivity contribution in [3.63, 3.8) is 0 Å². The van der Waals surface area contributed by atoms with Crippen molar-refractivity contribution in [3.8, 4) is 17.2 Å². The normalized spacial score (nSPS) is 11.1. The van der Waals surface area contributed by atoms with Gasteiger partial charge in [-0.2, -0.15) is 0 Å². The molecule has 0 radical (unpaired) electrons. The van der Waals surface area contributed by atoms with E-state index in [2.05, 4.69) is 13.8 Å². The predicted octanol–water partition coefficient (Wildman–Crippen LogP) is 12.0. The Kier molecular flexibility index (Phi) is 23.3. The maximum Gasteiger partial charge on any atom is 0.338 e. The second kappa shape index (κ2) is 27.2. The molecule has 0 atom stereocenters. The Morgan fingerprint density at radius 2 is 0.843 bits per heavy atom. The summed E-state index contributed by atoms with van der Waals surface area (Å²) in [7, 11) is -3.58. The van der Waals surface area contributed by atoms with Gasteiger partial charge in [0.1, 0.15) is 17.2 Å². The maximum atomic E-state index is 12.6. The van der Waals surface area contributed by atoms with Gasteiger partial charge in [0.05, 0.1) is 28.6 Å². The van der Waals surface area contributed by atoms with Crippen molar-refractivity contribution >= 4 is 15.8 Å². The third-order valence-electron chi connectivity index (χ3n) is 8.88.